The molecule has 1 aromatic carbocycles. The normalized spacial score (nSPS) is 12.3. The third-order valence-corrected chi connectivity index (χ3v) is 4.69. The maximum atomic E-state index is 9.53. The Bertz CT molecular complexity index is 844. The first-order chi connectivity index (χ1) is 10.8. The van der Waals surface area contributed by atoms with Gasteiger partial charge in [-0.3, -0.25) is 4.99 Å². The summed E-state index contributed by atoms with van der Waals surface area (Å²) in [5.74, 6) is 0.233. The van der Waals surface area contributed by atoms with E-state index in [1.807, 2.05) is 29.1 Å². The third kappa shape index (κ3) is 3.18. The molecular weight excluding hydrogens is 314 g/mol. The maximum Gasteiger partial charge on any atom is 0.206 e. The van der Waals surface area contributed by atoms with Gasteiger partial charge in [-0.15, -0.1) is 22.7 Å². The summed E-state index contributed by atoms with van der Waals surface area (Å²) in [5, 5.41) is 18.2. The van der Waals surface area contributed by atoms with Gasteiger partial charge < -0.3 is 5.11 Å². The lowest BCUT2D eigenvalue weighted by atomic mass is 10.2. The third-order valence-electron chi connectivity index (χ3n) is 2.94. The van der Waals surface area contributed by atoms with Crippen LogP contribution in [0.4, 0.5) is 0 Å². The fraction of sp³-hybridized carbons (Fsp3) is 0.125. The van der Waals surface area contributed by atoms with E-state index in [0.29, 0.717) is 6.54 Å². The number of aromatic nitrogens is 1. The number of phenols is 1. The SMILES string of the molecule is CCN=c1scc(-c2cccs2)n1N=Cc1cccc(O)c1. The molecule has 0 bridgehead atoms. The molecular formula is C16H15N3OS2. The average molecular weight is 329 g/mol. The summed E-state index contributed by atoms with van der Waals surface area (Å²) in [6.07, 6.45) is 1.73. The molecule has 0 unspecified atom stereocenters. The zero-order valence-electron chi connectivity index (χ0n) is 12.0. The van der Waals surface area contributed by atoms with Crippen molar-refractivity contribution in [1.29, 1.82) is 0 Å². The van der Waals surface area contributed by atoms with Crippen LogP contribution in [0.1, 0.15) is 12.5 Å². The molecule has 2 aromatic heterocycles. The summed E-state index contributed by atoms with van der Waals surface area (Å²) in [5.41, 5.74) is 1.88. The number of hydrogen-bond acceptors (Lipinski definition) is 5. The maximum absolute atomic E-state index is 9.53. The van der Waals surface area contributed by atoms with E-state index >= 15 is 0 Å². The lowest BCUT2D eigenvalue weighted by molar-refractivity contribution is 0.475. The summed E-state index contributed by atoms with van der Waals surface area (Å²) < 4.78 is 1.85. The van der Waals surface area contributed by atoms with Crippen LogP contribution in [-0.2, 0) is 0 Å². The van der Waals surface area contributed by atoms with Crippen LogP contribution in [0, 0.1) is 0 Å². The molecule has 0 fully saturated rings. The highest BCUT2D eigenvalue weighted by Gasteiger charge is 2.07. The quantitative estimate of drug-likeness (QED) is 0.728. The Kier molecular flexibility index (Phi) is 4.50. The largest absolute Gasteiger partial charge is 0.508 e. The van der Waals surface area contributed by atoms with Crippen molar-refractivity contribution in [2.24, 2.45) is 10.1 Å². The Hall–Kier alpha value is -2.18. The van der Waals surface area contributed by atoms with Crippen LogP contribution in [0.5, 0.6) is 5.75 Å². The lowest BCUT2D eigenvalue weighted by Gasteiger charge is -2.01. The molecule has 4 nitrogen and oxygen atoms in total. The van der Waals surface area contributed by atoms with Crippen molar-refractivity contribution >= 4 is 28.9 Å². The van der Waals surface area contributed by atoms with Crippen LogP contribution in [0.2, 0.25) is 0 Å². The first-order valence-corrected chi connectivity index (χ1v) is 8.62. The van der Waals surface area contributed by atoms with Gasteiger partial charge in [-0.25, -0.2) is 4.68 Å². The van der Waals surface area contributed by atoms with Crippen molar-refractivity contribution in [3.05, 3.63) is 57.5 Å². The average Bonchev–Trinajstić information content (AvgIpc) is 3.15. The molecule has 0 aliphatic carbocycles. The van der Waals surface area contributed by atoms with Crippen molar-refractivity contribution < 1.29 is 5.11 Å². The first-order valence-electron chi connectivity index (χ1n) is 6.86. The number of thiophene rings is 1. The molecule has 0 saturated carbocycles. The number of nitrogens with zero attached hydrogens (tertiary/aromatic N) is 3. The molecule has 0 atom stereocenters. The van der Waals surface area contributed by atoms with Gasteiger partial charge in [0.1, 0.15) is 5.75 Å². The Labute approximate surface area is 136 Å². The molecule has 0 saturated heterocycles. The number of benzene rings is 1. The number of rotatable bonds is 4. The van der Waals surface area contributed by atoms with Crippen LogP contribution in [0.15, 0.2) is 57.3 Å². The highest BCUT2D eigenvalue weighted by Crippen LogP contribution is 2.25. The van der Waals surface area contributed by atoms with E-state index in [-0.39, 0.29) is 5.75 Å². The first kappa shape index (κ1) is 14.7. The zero-order chi connectivity index (χ0) is 15.4. The van der Waals surface area contributed by atoms with Gasteiger partial charge in [0.05, 0.1) is 16.8 Å². The minimum absolute atomic E-state index is 0.233. The predicted octanol–water partition coefficient (Wildman–Crippen LogP) is 3.79. The van der Waals surface area contributed by atoms with Gasteiger partial charge in [-0.05, 0) is 36.1 Å². The number of phenolic OH excluding ortho intramolecular Hbond substituents is 1. The topological polar surface area (TPSA) is 49.9 Å². The van der Waals surface area contributed by atoms with Crippen LogP contribution in [0.25, 0.3) is 10.6 Å². The Morgan fingerprint density at radius 2 is 2.14 bits per heavy atom. The minimum atomic E-state index is 0.233. The Morgan fingerprint density at radius 1 is 1.23 bits per heavy atom. The molecule has 6 heteroatoms. The molecule has 0 radical (unpaired) electrons. The van der Waals surface area contributed by atoms with E-state index in [9.17, 15) is 5.11 Å². The molecule has 1 N–H and O–H groups in total. The monoisotopic (exact) mass is 329 g/mol. The van der Waals surface area contributed by atoms with Gasteiger partial charge in [0.15, 0.2) is 0 Å². The molecule has 0 spiro atoms. The van der Waals surface area contributed by atoms with Crippen LogP contribution in [0.3, 0.4) is 0 Å². The molecule has 0 aliphatic rings. The standard InChI is InChI=1S/C16H15N3OS2/c1-2-17-16-19(14(11-22-16)15-7-4-8-21-15)18-10-12-5-3-6-13(20)9-12/h3-11,20H,2H2,1H3. The van der Waals surface area contributed by atoms with Crippen molar-refractivity contribution in [1.82, 2.24) is 4.68 Å². The number of thiazole rings is 1. The second-order valence-electron chi connectivity index (χ2n) is 4.51. The van der Waals surface area contributed by atoms with E-state index in [4.69, 9.17) is 0 Å². The van der Waals surface area contributed by atoms with Gasteiger partial charge >= 0.3 is 0 Å². The van der Waals surface area contributed by atoms with Gasteiger partial charge in [0, 0.05) is 11.9 Å². The molecule has 0 aliphatic heterocycles. The summed E-state index contributed by atoms with van der Waals surface area (Å²) in [4.78, 5) is 6.51. The summed E-state index contributed by atoms with van der Waals surface area (Å²) in [6.45, 7) is 2.72. The van der Waals surface area contributed by atoms with E-state index in [1.165, 1.54) is 0 Å². The van der Waals surface area contributed by atoms with E-state index < -0.39 is 0 Å². The number of hydrogen-bond donors (Lipinski definition) is 1. The zero-order valence-corrected chi connectivity index (χ0v) is 13.6. The molecule has 2 heterocycles. The van der Waals surface area contributed by atoms with Gasteiger partial charge in [0.25, 0.3) is 0 Å². The summed E-state index contributed by atoms with van der Waals surface area (Å²) >= 11 is 3.25. The van der Waals surface area contributed by atoms with E-state index in [2.05, 4.69) is 21.5 Å². The van der Waals surface area contributed by atoms with Crippen LogP contribution >= 0.6 is 22.7 Å². The van der Waals surface area contributed by atoms with Gasteiger partial charge in [-0.2, -0.15) is 5.10 Å². The van der Waals surface area contributed by atoms with Crippen molar-refractivity contribution in [2.75, 3.05) is 6.54 Å². The Morgan fingerprint density at radius 3 is 2.86 bits per heavy atom. The van der Waals surface area contributed by atoms with Crippen LogP contribution < -0.4 is 4.80 Å². The second kappa shape index (κ2) is 6.72. The molecule has 3 rings (SSSR count). The molecule has 22 heavy (non-hydrogen) atoms. The van der Waals surface area contributed by atoms with Gasteiger partial charge in [-0.1, -0.05) is 18.2 Å². The van der Waals surface area contributed by atoms with Crippen molar-refractivity contribution in [3.63, 3.8) is 0 Å². The second-order valence-corrected chi connectivity index (χ2v) is 6.29. The smallest absolute Gasteiger partial charge is 0.206 e. The lowest BCUT2D eigenvalue weighted by Crippen LogP contribution is -2.12. The van der Waals surface area contributed by atoms with Crippen molar-refractivity contribution in [3.8, 4) is 16.3 Å². The molecule has 0 amide bonds. The van der Waals surface area contributed by atoms with Crippen molar-refractivity contribution in [2.45, 2.75) is 6.92 Å². The van der Waals surface area contributed by atoms with E-state index in [0.717, 1.165) is 20.9 Å². The van der Waals surface area contributed by atoms with E-state index in [1.54, 1.807) is 47.1 Å². The molecule has 3 aromatic rings. The predicted molar refractivity (Wildman–Crippen MR) is 92.8 cm³/mol. The van der Waals surface area contributed by atoms with Gasteiger partial charge in [0.2, 0.25) is 4.80 Å². The minimum Gasteiger partial charge on any atom is -0.508 e. The highest BCUT2D eigenvalue weighted by molar-refractivity contribution is 7.14. The highest BCUT2D eigenvalue weighted by atomic mass is 32.1. The Balaban J connectivity index is 2.05. The number of aromatic hydroxyl groups is 1. The molecule has 112 valence electrons. The fourth-order valence-electron chi connectivity index (χ4n) is 1.98. The summed E-state index contributed by atoms with van der Waals surface area (Å²) in [7, 11) is 0. The summed E-state index contributed by atoms with van der Waals surface area (Å²) in [6, 6.07) is 11.1. The van der Waals surface area contributed by atoms with Crippen LogP contribution in [-0.4, -0.2) is 22.5 Å². The fourth-order valence-corrected chi connectivity index (χ4v) is 3.67.